The normalized spacial score (nSPS) is 24.7. The van der Waals surface area contributed by atoms with Crippen LogP contribution in [0.2, 0.25) is 0 Å². The highest BCUT2D eigenvalue weighted by molar-refractivity contribution is 7.89. The van der Waals surface area contributed by atoms with Crippen molar-refractivity contribution in [2.24, 2.45) is 0 Å². The lowest BCUT2D eigenvalue weighted by Gasteiger charge is -2.37. The van der Waals surface area contributed by atoms with Crippen LogP contribution in [0.4, 0.5) is 0 Å². The maximum absolute atomic E-state index is 12.0. The van der Waals surface area contributed by atoms with Gasteiger partial charge in [-0.3, -0.25) is 4.90 Å². The number of sulfonamides is 1. The molecule has 1 aliphatic heterocycles. The molecule has 1 saturated heterocycles. The fourth-order valence-electron chi connectivity index (χ4n) is 2.98. The lowest BCUT2D eigenvalue weighted by Crippen LogP contribution is -2.51. The molecule has 0 unspecified atom stereocenters. The van der Waals surface area contributed by atoms with E-state index in [4.69, 9.17) is 11.6 Å². The summed E-state index contributed by atoms with van der Waals surface area (Å²) in [5.41, 5.74) is 0. The molecule has 0 bridgehead atoms. The Balaban J connectivity index is 1.82. The number of hydrogen-bond donors (Lipinski definition) is 0. The SMILES string of the molecule is O=S(=O)(CCCCl)N1CCN(C2CCCC2)CC1. The zero-order chi connectivity index (χ0) is 13.0. The summed E-state index contributed by atoms with van der Waals surface area (Å²) >= 11 is 5.56. The molecule has 0 N–H and O–H groups in total. The first-order chi connectivity index (χ1) is 8.63. The van der Waals surface area contributed by atoms with Crippen molar-refractivity contribution in [3.63, 3.8) is 0 Å². The second kappa shape index (κ2) is 6.55. The number of nitrogens with zero attached hydrogens (tertiary/aromatic N) is 2. The highest BCUT2D eigenvalue weighted by atomic mass is 35.5. The predicted molar refractivity (Wildman–Crippen MR) is 74.5 cm³/mol. The number of rotatable bonds is 5. The van der Waals surface area contributed by atoms with Crippen LogP contribution in [0.15, 0.2) is 0 Å². The van der Waals surface area contributed by atoms with E-state index in [0.717, 1.165) is 13.1 Å². The maximum atomic E-state index is 12.0. The molecular formula is C12H23ClN2O2S. The number of piperazine rings is 1. The first kappa shape index (κ1) is 14.6. The van der Waals surface area contributed by atoms with E-state index >= 15 is 0 Å². The molecule has 0 spiro atoms. The predicted octanol–water partition coefficient (Wildman–Crippen LogP) is 1.51. The van der Waals surface area contributed by atoms with E-state index in [-0.39, 0.29) is 5.75 Å². The zero-order valence-corrected chi connectivity index (χ0v) is 12.4. The third-order valence-electron chi connectivity index (χ3n) is 4.04. The van der Waals surface area contributed by atoms with Crippen molar-refractivity contribution in [3.05, 3.63) is 0 Å². The van der Waals surface area contributed by atoms with Crippen molar-refractivity contribution in [3.8, 4) is 0 Å². The topological polar surface area (TPSA) is 40.6 Å². The van der Waals surface area contributed by atoms with Gasteiger partial charge in [-0.1, -0.05) is 12.8 Å². The minimum atomic E-state index is -3.07. The maximum Gasteiger partial charge on any atom is 0.214 e. The van der Waals surface area contributed by atoms with Gasteiger partial charge in [0.15, 0.2) is 0 Å². The standard InChI is InChI=1S/C12H23ClN2O2S/c13-6-3-11-18(16,17)15-9-7-14(8-10-15)12-4-1-2-5-12/h12H,1-11H2. The van der Waals surface area contributed by atoms with Gasteiger partial charge in [-0.2, -0.15) is 4.31 Å². The Morgan fingerprint density at radius 2 is 1.67 bits per heavy atom. The van der Waals surface area contributed by atoms with Crippen LogP contribution in [0.1, 0.15) is 32.1 Å². The molecule has 1 heterocycles. The van der Waals surface area contributed by atoms with Crippen LogP contribution in [-0.4, -0.2) is 61.5 Å². The fraction of sp³-hybridized carbons (Fsp3) is 1.00. The molecule has 2 fully saturated rings. The van der Waals surface area contributed by atoms with E-state index in [2.05, 4.69) is 4.90 Å². The first-order valence-electron chi connectivity index (χ1n) is 6.91. The first-order valence-corrected chi connectivity index (χ1v) is 9.06. The van der Waals surface area contributed by atoms with Crippen LogP contribution in [0, 0.1) is 0 Å². The Labute approximate surface area is 115 Å². The van der Waals surface area contributed by atoms with E-state index in [9.17, 15) is 8.42 Å². The van der Waals surface area contributed by atoms with Gasteiger partial charge < -0.3 is 0 Å². The van der Waals surface area contributed by atoms with Gasteiger partial charge >= 0.3 is 0 Å². The third-order valence-corrected chi connectivity index (χ3v) is 6.27. The van der Waals surface area contributed by atoms with Crippen molar-refractivity contribution in [1.82, 2.24) is 9.21 Å². The number of hydrogen-bond acceptors (Lipinski definition) is 3. The summed E-state index contributed by atoms with van der Waals surface area (Å²) in [6.45, 7) is 3.10. The summed E-state index contributed by atoms with van der Waals surface area (Å²) in [6, 6.07) is 0.706. The molecule has 2 rings (SSSR count). The van der Waals surface area contributed by atoms with Crippen molar-refractivity contribution >= 4 is 21.6 Å². The van der Waals surface area contributed by atoms with Crippen LogP contribution in [-0.2, 0) is 10.0 Å². The van der Waals surface area contributed by atoms with E-state index in [0.29, 0.717) is 31.4 Å². The van der Waals surface area contributed by atoms with Gasteiger partial charge in [-0.05, 0) is 19.3 Å². The van der Waals surface area contributed by atoms with E-state index in [1.165, 1.54) is 25.7 Å². The average Bonchev–Trinajstić information content (AvgIpc) is 2.90. The van der Waals surface area contributed by atoms with Gasteiger partial charge in [0.2, 0.25) is 10.0 Å². The zero-order valence-electron chi connectivity index (χ0n) is 10.9. The molecule has 0 amide bonds. The van der Waals surface area contributed by atoms with E-state index < -0.39 is 10.0 Å². The summed E-state index contributed by atoms with van der Waals surface area (Å²) in [7, 11) is -3.07. The van der Waals surface area contributed by atoms with Gasteiger partial charge in [0.25, 0.3) is 0 Å². The summed E-state index contributed by atoms with van der Waals surface area (Å²) in [4.78, 5) is 2.47. The molecule has 1 saturated carbocycles. The molecule has 4 nitrogen and oxygen atoms in total. The fourth-order valence-corrected chi connectivity index (χ4v) is 4.76. The molecule has 0 radical (unpaired) electrons. The molecule has 106 valence electrons. The van der Waals surface area contributed by atoms with Crippen LogP contribution < -0.4 is 0 Å². The van der Waals surface area contributed by atoms with Gasteiger partial charge in [0.1, 0.15) is 0 Å². The molecule has 0 atom stereocenters. The molecule has 0 aromatic heterocycles. The van der Waals surface area contributed by atoms with Crippen molar-refractivity contribution < 1.29 is 8.42 Å². The van der Waals surface area contributed by atoms with Crippen molar-refractivity contribution in [2.45, 2.75) is 38.1 Å². The van der Waals surface area contributed by atoms with Crippen LogP contribution in [0.5, 0.6) is 0 Å². The Morgan fingerprint density at radius 3 is 2.22 bits per heavy atom. The Hall–Kier alpha value is 0.160. The Bertz CT molecular complexity index is 347. The smallest absolute Gasteiger partial charge is 0.214 e. The summed E-state index contributed by atoms with van der Waals surface area (Å²) in [5.74, 6) is 0.612. The summed E-state index contributed by atoms with van der Waals surface area (Å²) in [5, 5.41) is 0. The molecule has 0 aromatic carbocycles. The van der Waals surface area contributed by atoms with Gasteiger partial charge in [0.05, 0.1) is 5.75 Å². The second-order valence-electron chi connectivity index (χ2n) is 5.23. The Kier molecular flexibility index (Phi) is 5.30. The van der Waals surface area contributed by atoms with Gasteiger partial charge in [-0.15, -0.1) is 11.6 Å². The Morgan fingerprint density at radius 1 is 1.06 bits per heavy atom. The van der Waals surface area contributed by atoms with Gasteiger partial charge in [-0.25, -0.2) is 8.42 Å². The average molecular weight is 295 g/mol. The van der Waals surface area contributed by atoms with Crippen LogP contribution in [0.3, 0.4) is 0 Å². The molecule has 2 aliphatic rings. The van der Waals surface area contributed by atoms with E-state index in [1.807, 2.05) is 0 Å². The van der Waals surface area contributed by atoms with Crippen LogP contribution in [0.25, 0.3) is 0 Å². The quantitative estimate of drug-likeness (QED) is 0.722. The van der Waals surface area contributed by atoms with Crippen molar-refractivity contribution in [2.75, 3.05) is 37.8 Å². The van der Waals surface area contributed by atoms with Crippen molar-refractivity contribution in [1.29, 1.82) is 0 Å². The molecule has 18 heavy (non-hydrogen) atoms. The van der Waals surface area contributed by atoms with Gasteiger partial charge in [0, 0.05) is 38.1 Å². The molecule has 1 aliphatic carbocycles. The second-order valence-corrected chi connectivity index (χ2v) is 7.70. The molecular weight excluding hydrogens is 272 g/mol. The summed E-state index contributed by atoms with van der Waals surface area (Å²) in [6.07, 6.45) is 5.79. The minimum absolute atomic E-state index is 0.194. The van der Waals surface area contributed by atoms with E-state index in [1.54, 1.807) is 4.31 Å². The lowest BCUT2D eigenvalue weighted by atomic mass is 10.2. The minimum Gasteiger partial charge on any atom is -0.298 e. The number of halogens is 1. The highest BCUT2D eigenvalue weighted by Crippen LogP contribution is 2.24. The monoisotopic (exact) mass is 294 g/mol. The lowest BCUT2D eigenvalue weighted by molar-refractivity contribution is 0.139. The third kappa shape index (κ3) is 3.59. The number of alkyl halides is 1. The summed E-state index contributed by atoms with van der Waals surface area (Å²) < 4.78 is 25.7. The molecule has 0 aromatic rings. The highest BCUT2D eigenvalue weighted by Gasteiger charge is 2.30. The molecule has 6 heteroatoms. The van der Waals surface area contributed by atoms with Crippen LogP contribution >= 0.6 is 11.6 Å². The largest absolute Gasteiger partial charge is 0.298 e.